The van der Waals surface area contributed by atoms with Crippen molar-refractivity contribution in [3.05, 3.63) is 57.5 Å². The first kappa shape index (κ1) is 11.2. The third-order valence-corrected chi connectivity index (χ3v) is 3.59. The Morgan fingerprint density at radius 2 is 1.76 bits per heavy atom. The van der Waals surface area contributed by atoms with Gasteiger partial charge in [-0.25, -0.2) is 0 Å². The highest BCUT2D eigenvalue weighted by molar-refractivity contribution is 6.43. The molecular formula is C14H5Cl3. The molecule has 0 spiro atoms. The number of hydrogen-bond donors (Lipinski definition) is 0. The molecule has 3 heteroatoms. The number of fused-ring (bicyclic) bond motifs is 3. The predicted octanol–water partition coefficient (Wildman–Crippen LogP) is 5.55. The lowest BCUT2D eigenvalue weighted by Gasteiger charge is -2.05. The van der Waals surface area contributed by atoms with Crippen LogP contribution in [-0.4, -0.2) is 0 Å². The fourth-order valence-corrected chi connectivity index (χ4v) is 2.38. The lowest BCUT2D eigenvalue weighted by Crippen LogP contribution is -1.80. The predicted molar refractivity (Wildman–Crippen MR) is 74.2 cm³/mol. The van der Waals surface area contributed by atoms with Gasteiger partial charge in [0, 0.05) is 17.2 Å². The standard InChI is InChI=1S/C14H5Cl3/c15-10-3-4-11-8(5-10)1-2-9-6-13(16)14(17)7-12(9)11/h1-2,4-5,7H. The Bertz CT molecular complexity index is 732. The molecule has 0 N–H and O–H groups in total. The van der Waals surface area contributed by atoms with Crippen molar-refractivity contribution in [1.29, 1.82) is 0 Å². The van der Waals surface area contributed by atoms with Crippen LogP contribution in [0, 0.1) is 12.1 Å². The fourth-order valence-electron chi connectivity index (χ4n) is 1.89. The normalized spacial score (nSPS) is 11.2. The van der Waals surface area contributed by atoms with Gasteiger partial charge >= 0.3 is 0 Å². The highest BCUT2D eigenvalue weighted by atomic mass is 35.5. The zero-order valence-corrected chi connectivity index (χ0v) is 10.8. The molecule has 0 saturated carbocycles. The molecule has 82 valence electrons. The molecule has 3 aromatic carbocycles. The third-order valence-electron chi connectivity index (χ3n) is 2.68. The van der Waals surface area contributed by atoms with Gasteiger partial charge in [0.25, 0.3) is 0 Å². The van der Waals surface area contributed by atoms with Crippen molar-refractivity contribution in [2.45, 2.75) is 0 Å². The van der Waals surface area contributed by atoms with Crippen LogP contribution in [0.25, 0.3) is 21.5 Å². The summed E-state index contributed by atoms with van der Waals surface area (Å²) in [6.45, 7) is 0. The summed E-state index contributed by atoms with van der Waals surface area (Å²) in [5.41, 5.74) is 0. The van der Waals surface area contributed by atoms with Crippen molar-refractivity contribution < 1.29 is 0 Å². The maximum atomic E-state index is 6.02. The van der Waals surface area contributed by atoms with Crippen LogP contribution in [0.3, 0.4) is 0 Å². The van der Waals surface area contributed by atoms with E-state index in [-0.39, 0.29) is 0 Å². The Hall–Kier alpha value is -0.950. The van der Waals surface area contributed by atoms with Gasteiger partial charge in [-0.15, -0.1) is 0 Å². The van der Waals surface area contributed by atoms with Crippen molar-refractivity contribution in [2.75, 3.05) is 0 Å². The van der Waals surface area contributed by atoms with Gasteiger partial charge in [0.15, 0.2) is 0 Å². The van der Waals surface area contributed by atoms with Gasteiger partial charge in [0.2, 0.25) is 0 Å². The molecule has 0 aromatic heterocycles. The summed E-state index contributed by atoms with van der Waals surface area (Å²) >= 11 is 17.9. The third kappa shape index (κ3) is 1.87. The number of benzene rings is 3. The molecule has 17 heavy (non-hydrogen) atoms. The topological polar surface area (TPSA) is 0 Å². The maximum absolute atomic E-state index is 6.02. The Kier molecular flexibility index (Phi) is 2.67. The average molecular weight is 280 g/mol. The summed E-state index contributed by atoms with van der Waals surface area (Å²) in [6.07, 6.45) is 0. The Morgan fingerprint density at radius 1 is 0.941 bits per heavy atom. The van der Waals surface area contributed by atoms with Crippen molar-refractivity contribution >= 4 is 56.3 Å². The van der Waals surface area contributed by atoms with Gasteiger partial charge in [-0.2, -0.15) is 0 Å². The number of rotatable bonds is 0. The molecule has 0 unspecified atom stereocenters. The molecule has 0 aliphatic rings. The highest BCUT2D eigenvalue weighted by Gasteiger charge is 2.05. The number of halogens is 3. The first-order valence-electron chi connectivity index (χ1n) is 4.96. The summed E-state index contributed by atoms with van der Waals surface area (Å²) < 4.78 is 0. The fraction of sp³-hybridized carbons (Fsp3) is 0. The molecule has 0 aliphatic heterocycles. The monoisotopic (exact) mass is 278 g/mol. The molecular weight excluding hydrogens is 275 g/mol. The summed E-state index contributed by atoms with van der Waals surface area (Å²) in [7, 11) is 0. The first-order chi connectivity index (χ1) is 8.15. The first-order valence-corrected chi connectivity index (χ1v) is 6.09. The Labute approximate surface area is 114 Å². The Balaban J connectivity index is 2.50. The van der Waals surface area contributed by atoms with E-state index in [1.165, 1.54) is 0 Å². The summed E-state index contributed by atoms with van der Waals surface area (Å²) in [5.74, 6) is 0. The minimum absolute atomic E-state index is 0.441. The largest absolute Gasteiger partial charge is 0.0836 e. The van der Waals surface area contributed by atoms with Crippen molar-refractivity contribution in [3.8, 4) is 0 Å². The van der Waals surface area contributed by atoms with Crippen LogP contribution in [-0.2, 0) is 0 Å². The second-order valence-corrected chi connectivity index (χ2v) is 4.93. The smallest absolute Gasteiger partial charge is 0.0677 e. The highest BCUT2D eigenvalue weighted by Crippen LogP contribution is 2.32. The van der Waals surface area contributed by atoms with Crippen molar-refractivity contribution in [2.24, 2.45) is 0 Å². The van der Waals surface area contributed by atoms with Gasteiger partial charge in [-0.3, -0.25) is 0 Å². The SMILES string of the molecule is Clc1[c]cc2c(ccc3[c]c(Cl)c(Cl)cc32)c1. The molecule has 0 aliphatic carbocycles. The molecule has 2 radical (unpaired) electrons. The van der Waals surface area contributed by atoms with Crippen LogP contribution in [0.15, 0.2) is 30.3 Å². The van der Waals surface area contributed by atoms with Gasteiger partial charge in [-0.1, -0.05) is 46.9 Å². The molecule has 0 atom stereocenters. The van der Waals surface area contributed by atoms with E-state index in [1.54, 1.807) is 0 Å². The molecule has 3 rings (SSSR count). The zero-order valence-electron chi connectivity index (χ0n) is 8.52. The van der Waals surface area contributed by atoms with Crippen LogP contribution in [0.1, 0.15) is 0 Å². The minimum atomic E-state index is 0.441. The summed E-state index contributed by atoms with van der Waals surface area (Å²) in [5, 5.41) is 5.57. The van der Waals surface area contributed by atoms with Crippen LogP contribution in [0.4, 0.5) is 0 Å². The van der Waals surface area contributed by atoms with Crippen molar-refractivity contribution in [1.82, 2.24) is 0 Å². The van der Waals surface area contributed by atoms with Crippen LogP contribution in [0.2, 0.25) is 15.1 Å². The quantitative estimate of drug-likeness (QED) is 0.473. The van der Waals surface area contributed by atoms with Crippen LogP contribution in [0.5, 0.6) is 0 Å². The van der Waals surface area contributed by atoms with E-state index >= 15 is 0 Å². The van der Waals surface area contributed by atoms with Crippen LogP contribution < -0.4 is 0 Å². The zero-order chi connectivity index (χ0) is 12.0. The lowest BCUT2D eigenvalue weighted by molar-refractivity contribution is 1.74. The van der Waals surface area contributed by atoms with Gasteiger partial charge in [-0.05, 0) is 39.7 Å². The van der Waals surface area contributed by atoms with E-state index < -0.39 is 0 Å². The van der Waals surface area contributed by atoms with Crippen molar-refractivity contribution in [3.63, 3.8) is 0 Å². The molecule has 0 fully saturated rings. The molecule has 0 bridgehead atoms. The molecule has 0 amide bonds. The van der Waals surface area contributed by atoms with E-state index in [4.69, 9.17) is 34.8 Å². The van der Waals surface area contributed by atoms with Crippen LogP contribution >= 0.6 is 34.8 Å². The second-order valence-electron chi connectivity index (χ2n) is 3.74. The molecule has 0 nitrogen and oxygen atoms in total. The molecule has 3 aromatic rings. The van der Waals surface area contributed by atoms with E-state index in [0.29, 0.717) is 15.1 Å². The minimum Gasteiger partial charge on any atom is -0.0836 e. The molecule has 0 heterocycles. The van der Waals surface area contributed by atoms with Gasteiger partial charge < -0.3 is 0 Å². The van der Waals surface area contributed by atoms with Gasteiger partial charge in [0.1, 0.15) is 0 Å². The average Bonchev–Trinajstić information content (AvgIpc) is 2.30. The van der Waals surface area contributed by atoms with E-state index in [0.717, 1.165) is 21.5 Å². The lowest BCUT2D eigenvalue weighted by atomic mass is 10.0. The maximum Gasteiger partial charge on any atom is 0.0677 e. The van der Waals surface area contributed by atoms with E-state index in [1.807, 2.05) is 30.3 Å². The second kappa shape index (κ2) is 4.06. The number of hydrogen-bond acceptors (Lipinski definition) is 0. The Morgan fingerprint density at radius 3 is 2.59 bits per heavy atom. The van der Waals surface area contributed by atoms with Gasteiger partial charge in [0.05, 0.1) is 10.0 Å². The summed E-state index contributed by atoms with van der Waals surface area (Å²) in [4.78, 5) is 0. The van der Waals surface area contributed by atoms with E-state index in [9.17, 15) is 0 Å². The molecule has 0 saturated heterocycles. The summed E-state index contributed by atoms with van der Waals surface area (Å²) in [6, 6.07) is 15.5. The van der Waals surface area contributed by atoms with E-state index in [2.05, 4.69) is 12.1 Å².